The van der Waals surface area contributed by atoms with Crippen LogP contribution in [0.25, 0.3) is 0 Å². The molecule has 0 unspecified atom stereocenters. The Hall–Kier alpha value is -1.08. The second-order valence-corrected chi connectivity index (χ2v) is 4.78. The van der Waals surface area contributed by atoms with Gasteiger partial charge in [-0.1, -0.05) is 0 Å². The molecule has 0 fully saturated rings. The fraction of sp³-hybridized carbons (Fsp3) is 0.571. The highest BCUT2D eigenvalue weighted by atomic mass is 32.2. The van der Waals surface area contributed by atoms with Gasteiger partial charge < -0.3 is 4.52 Å². The lowest BCUT2D eigenvalue weighted by Crippen LogP contribution is -2.23. The third kappa shape index (κ3) is 4.24. The molecule has 14 heavy (non-hydrogen) atoms. The summed E-state index contributed by atoms with van der Waals surface area (Å²) < 4.78 is 28.4. The van der Waals surface area contributed by atoms with Crippen LogP contribution in [0.4, 0.5) is 0 Å². The van der Waals surface area contributed by atoms with Gasteiger partial charge in [0.15, 0.2) is 0 Å². The summed E-state index contributed by atoms with van der Waals surface area (Å²) in [7, 11) is -3.12. The highest BCUT2D eigenvalue weighted by Gasteiger charge is 2.02. The van der Waals surface area contributed by atoms with Gasteiger partial charge in [-0.25, -0.2) is 13.1 Å². The normalized spacial score (nSPS) is 11.8. The van der Waals surface area contributed by atoms with E-state index in [1.807, 2.05) is 0 Å². The van der Waals surface area contributed by atoms with Crippen LogP contribution in [-0.2, 0) is 16.4 Å². The van der Waals surface area contributed by atoms with Crippen LogP contribution in [0, 0.1) is 0 Å². The number of nitrogens with one attached hydrogen (secondary N) is 2. The first-order chi connectivity index (χ1) is 6.47. The van der Waals surface area contributed by atoms with Crippen molar-refractivity contribution in [3.8, 4) is 0 Å². The predicted octanol–water partition coefficient (Wildman–Crippen LogP) is -0.550. The van der Waals surface area contributed by atoms with Gasteiger partial charge in [-0.2, -0.15) is 5.16 Å². The van der Waals surface area contributed by atoms with Crippen LogP contribution >= 0.6 is 0 Å². The average Bonchev–Trinajstić information content (AvgIpc) is 2.44. The Labute approximate surface area is 81.3 Å². The summed E-state index contributed by atoms with van der Waals surface area (Å²) in [6, 6.07) is 1.35. The molecule has 0 amide bonds. The van der Waals surface area contributed by atoms with Crippen LogP contribution < -0.4 is 10.3 Å². The maximum absolute atomic E-state index is 10.7. The van der Waals surface area contributed by atoms with Gasteiger partial charge in [-0.05, 0) is 6.42 Å². The molecule has 1 heterocycles. The van der Waals surface area contributed by atoms with E-state index in [1.165, 1.54) is 6.07 Å². The molecule has 0 aliphatic carbocycles. The van der Waals surface area contributed by atoms with E-state index < -0.39 is 10.0 Å². The largest absolute Gasteiger partial charge is 0.384 e. The zero-order valence-corrected chi connectivity index (χ0v) is 8.56. The Morgan fingerprint density at radius 1 is 1.57 bits per heavy atom. The molecule has 80 valence electrons. The molecule has 1 aromatic rings. The second kappa shape index (κ2) is 4.43. The topological polar surface area (TPSA) is 92.2 Å². The maximum Gasteiger partial charge on any atom is 0.280 e. The molecule has 7 heteroatoms. The molecule has 0 aromatic carbocycles. The van der Waals surface area contributed by atoms with Crippen molar-refractivity contribution in [2.24, 2.45) is 0 Å². The quantitative estimate of drug-likeness (QED) is 0.651. The van der Waals surface area contributed by atoms with Crippen molar-refractivity contribution in [3.05, 3.63) is 22.2 Å². The number of aryl methyl sites for hydroxylation is 1. The lowest BCUT2D eigenvalue weighted by atomic mass is 10.2. The lowest BCUT2D eigenvalue weighted by molar-refractivity contribution is 0.376. The van der Waals surface area contributed by atoms with E-state index in [-0.39, 0.29) is 5.56 Å². The zero-order valence-electron chi connectivity index (χ0n) is 7.74. The van der Waals surface area contributed by atoms with Crippen molar-refractivity contribution < 1.29 is 12.9 Å². The second-order valence-electron chi connectivity index (χ2n) is 2.95. The monoisotopic (exact) mass is 220 g/mol. The van der Waals surface area contributed by atoms with Crippen molar-refractivity contribution in [2.75, 3.05) is 12.8 Å². The highest BCUT2D eigenvalue weighted by molar-refractivity contribution is 7.88. The minimum Gasteiger partial charge on any atom is -0.384 e. The van der Waals surface area contributed by atoms with Gasteiger partial charge in [-0.15, -0.1) is 0 Å². The van der Waals surface area contributed by atoms with Gasteiger partial charge in [0.1, 0.15) is 5.76 Å². The molecule has 2 N–H and O–H groups in total. The summed E-state index contributed by atoms with van der Waals surface area (Å²) in [5, 5.41) is 2.16. The summed E-state index contributed by atoms with van der Waals surface area (Å²) >= 11 is 0. The fourth-order valence-corrected chi connectivity index (χ4v) is 1.48. The molecule has 0 saturated heterocycles. The van der Waals surface area contributed by atoms with Crippen LogP contribution in [0.15, 0.2) is 15.4 Å². The number of H-pyrrole nitrogens is 1. The number of sulfonamides is 1. The fourth-order valence-electron chi connectivity index (χ4n) is 0.964. The van der Waals surface area contributed by atoms with Gasteiger partial charge in [0.2, 0.25) is 10.0 Å². The molecule has 0 saturated carbocycles. The number of rotatable bonds is 5. The molecule has 0 aliphatic heterocycles. The molecule has 0 spiro atoms. The molecule has 0 radical (unpaired) electrons. The van der Waals surface area contributed by atoms with E-state index in [2.05, 4.69) is 9.88 Å². The molecule has 0 aliphatic rings. The van der Waals surface area contributed by atoms with E-state index in [4.69, 9.17) is 4.52 Å². The summed E-state index contributed by atoms with van der Waals surface area (Å²) in [5.74, 6) is 0.533. The van der Waals surface area contributed by atoms with Gasteiger partial charge in [-0.3, -0.25) is 4.79 Å². The smallest absolute Gasteiger partial charge is 0.280 e. The predicted molar refractivity (Wildman–Crippen MR) is 50.5 cm³/mol. The van der Waals surface area contributed by atoms with Crippen molar-refractivity contribution in [1.82, 2.24) is 9.88 Å². The Kier molecular flexibility index (Phi) is 3.48. The van der Waals surface area contributed by atoms with Crippen LogP contribution in [0.5, 0.6) is 0 Å². The summed E-state index contributed by atoms with van der Waals surface area (Å²) in [6.07, 6.45) is 2.22. The standard InChI is InChI=1S/C7H12N2O4S/c1-14(11,12)8-4-2-3-6-5-7(10)9-13-6/h5,8H,2-4H2,1H3,(H,9,10). The van der Waals surface area contributed by atoms with E-state index >= 15 is 0 Å². The van der Waals surface area contributed by atoms with Crippen LogP contribution in [0.2, 0.25) is 0 Å². The van der Waals surface area contributed by atoms with Gasteiger partial charge in [0.25, 0.3) is 5.56 Å². The Balaban J connectivity index is 2.26. The van der Waals surface area contributed by atoms with E-state index in [0.29, 0.717) is 25.1 Å². The van der Waals surface area contributed by atoms with Crippen molar-refractivity contribution >= 4 is 10.0 Å². The minimum absolute atomic E-state index is 0.281. The van der Waals surface area contributed by atoms with Crippen molar-refractivity contribution in [1.29, 1.82) is 0 Å². The van der Waals surface area contributed by atoms with E-state index in [9.17, 15) is 13.2 Å². The van der Waals surface area contributed by atoms with Crippen LogP contribution in [-0.4, -0.2) is 26.4 Å². The first kappa shape index (κ1) is 11.0. The Morgan fingerprint density at radius 3 is 2.79 bits per heavy atom. The van der Waals surface area contributed by atoms with Gasteiger partial charge >= 0.3 is 0 Å². The third-order valence-corrected chi connectivity index (χ3v) is 2.27. The molecular formula is C7H12N2O4S. The molecule has 6 nitrogen and oxygen atoms in total. The zero-order chi connectivity index (χ0) is 10.6. The number of hydrogen-bond acceptors (Lipinski definition) is 4. The molecule has 0 bridgehead atoms. The van der Waals surface area contributed by atoms with E-state index in [1.54, 1.807) is 0 Å². The summed E-state index contributed by atoms with van der Waals surface area (Å²) in [6.45, 7) is 0.341. The number of hydrogen-bond donors (Lipinski definition) is 2. The molecular weight excluding hydrogens is 208 g/mol. The first-order valence-corrected chi connectivity index (χ1v) is 5.98. The average molecular weight is 220 g/mol. The number of aromatic nitrogens is 1. The van der Waals surface area contributed by atoms with Crippen LogP contribution in [0.3, 0.4) is 0 Å². The Bertz CT molecular complexity index is 431. The van der Waals surface area contributed by atoms with E-state index in [0.717, 1.165) is 6.26 Å². The molecule has 0 atom stereocenters. The minimum atomic E-state index is -3.12. The first-order valence-electron chi connectivity index (χ1n) is 4.09. The van der Waals surface area contributed by atoms with Gasteiger partial charge in [0.05, 0.1) is 6.26 Å². The Morgan fingerprint density at radius 2 is 2.29 bits per heavy atom. The highest BCUT2D eigenvalue weighted by Crippen LogP contribution is 1.97. The van der Waals surface area contributed by atoms with Crippen LogP contribution in [0.1, 0.15) is 12.2 Å². The van der Waals surface area contributed by atoms with Gasteiger partial charge in [0, 0.05) is 19.0 Å². The summed E-state index contributed by atoms with van der Waals surface area (Å²) in [4.78, 5) is 10.6. The third-order valence-electron chi connectivity index (χ3n) is 1.54. The lowest BCUT2D eigenvalue weighted by Gasteiger charge is -1.99. The molecule has 1 rings (SSSR count). The SMILES string of the molecule is CS(=O)(=O)NCCCc1cc(=O)[nH]o1. The number of aromatic amines is 1. The van der Waals surface area contributed by atoms with Crippen molar-refractivity contribution in [3.63, 3.8) is 0 Å². The van der Waals surface area contributed by atoms with Crippen molar-refractivity contribution in [2.45, 2.75) is 12.8 Å². The molecule has 1 aromatic heterocycles. The maximum atomic E-state index is 10.7. The summed E-state index contributed by atoms with van der Waals surface area (Å²) in [5.41, 5.74) is -0.281.